The zero-order valence-corrected chi connectivity index (χ0v) is 18.2. The maximum atomic E-state index is 5.59. The molecule has 4 aromatic rings. The molecule has 0 saturated carbocycles. The van der Waals surface area contributed by atoms with Gasteiger partial charge in [-0.25, -0.2) is 0 Å². The number of methoxy groups -OCH3 is 2. The molecule has 2 heterocycles. The Labute approximate surface area is 185 Å². The van der Waals surface area contributed by atoms with Crippen molar-refractivity contribution in [1.82, 2.24) is 9.97 Å². The largest absolute Gasteiger partial charge is 0.493 e. The summed E-state index contributed by atoms with van der Waals surface area (Å²) in [6.45, 7) is 4.23. The van der Waals surface area contributed by atoms with Crippen LogP contribution in [0, 0.1) is 6.92 Å². The van der Waals surface area contributed by atoms with E-state index in [1.807, 2.05) is 13.1 Å². The lowest BCUT2D eigenvalue weighted by Gasteiger charge is -2.15. The molecule has 0 aliphatic heterocycles. The van der Waals surface area contributed by atoms with Crippen LogP contribution in [0.1, 0.15) is 49.7 Å². The molecule has 4 heteroatoms. The Kier molecular flexibility index (Phi) is 7.11. The second kappa shape index (κ2) is 9.78. The first kappa shape index (κ1) is 22.5. The molecule has 2 aromatic carbocycles. The van der Waals surface area contributed by atoms with E-state index in [4.69, 9.17) is 14.5 Å². The van der Waals surface area contributed by atoms with Crippen LogP contribution in [-0.4, -0.2) is 24.2 Å². The molecule has 0 amide bonds. The lowest BCUT2D eigenvalue weighted by atomic mass is 9.96. The zero-order chi connectivity index (χ0) is 21.1. The maximum Gasteiger partial charge on any atom is 0.161 e. The van der Waals surface area contributed by atoms with Crippen molar-refractivity contribution in [2.75, 3.05) is 14.2 Å². The van der Waals surface area contributed by atoms with Crippen LogP contribution in [0.2, 0.25) is 0 Å². The highest BCUT2D eigenvalue weighted by Gasteiger charge is 2.14. The lowest BCUT2D eigenvalue weighted by Crippen LogP contribution is -2.00. The summed E-state index contributed by atoms with van der Waals surface area (Å²) in [6, 6.07) is 14.8. The van der Waals surface area contributed by atoms with Gasteiger partial charge in [-0.2, -0.15) is 0 Å². The topological polar surface area (TPSA) is 44.2 Å². The van der Waals surface area contributed by atoms with Gasteiger partial charge in [0.05, 0.1) is 19.7 Å². The molecule has 0 N–H and O–H groups in total. The Balaban J connectivity index is 0.00000272. The number of nitrogens with zero attached hydrogens (tertiary/aromatic N) is 2. The molecule has 0 bridgehead atoms. The molecule has 0 radical (unpaired) electrons. The second-order valence-corrected chi connectivity index (χ2v) is 7.74. The van der Waals surface area contributed by atoms with E-state index >= 15 is 0 Å². The Morgan fingerprint density at radius 1 is 0.903 bits per heavy atom. The van der Waals surface area contributed by atoms with Gasteiger partial charge in [0.15, 0.2) is 11.5 Å². The number of benzene rings is 2. The lowest BCUT2D eigenvalue weighted by molar-refractivity contribution is 0.356. The summed E-state index contributed by atoms with van der Waals surface area (Å²) in [5, 5.41) is 3.49. The van der Waals surface area contributed by atoms with Crippen molar-refractivity contribution in [2.24, 2.45) is 0 Å². The fourth-order valence-electron chi connectivity index (χ4n) is 3.97. The van der Waals surface area contributed by atoms with Gasteiger partial charge in [0, 0.05) is 28.4 Å². The summed E-state index contributed by atoms with van der Waals surface area (Å²) in [6.07, 6.45) is 6.05. The quantitative estimate of drug-likeness (QED) is 0.337. The molecule has 2 aromatic heterocycles. The van der Waals surface area contributed by atoms with Crippen molar-refractivity contribution in [3.8, 4) is 11.5 Å². The van der Waals surface area contributed by atoms with Crippen LogP contribution in [-0.2, 0) is 12.8 Å². The molecule has 0 unspecified atom stereocenters. The van der Waals surface area contributed by atoms with Crippen molar-refractivity contribution in [1.29, 1.82) is 0 Å². The first-order valence-corrected chi connectivity index (χ1v) is 10.5. The highest BCUT2D eigenvalue weighted by molar-refractivity contribution is 5.91. The molecule has 0 fully saturated rings. The first-order chi connectivity index (χ1) is 14.6. The SMILES string of the molecule is C.CCCCc1ncc(Cc2ccc3nc(C)ccc3c2)c2cc(OC)c(OC)cc12. The summed E-state index contributed by atoms with van der Waals surface area (Å²) >= 11 is 0. The van der Waals surface area contributed by atoms with Gasteiger partial charge < -0.3 is 9.47 Å². The fourth-order valence-corrected chi connectivity index (χ4v) is 3.97. The van der Waals surface area contributed by atoms with Crippen LogP contribution in [0.15, 0.2) is 48.7 Å². The average Bonchev–Trinajstić information content (AvgIpc) is 2.77. The fraction of sp³-hybridized carbons (Fsp3) is 0.333. The van der Waals surface area contributed by atoms with E-state index in [0.717, 1.165) is 64.9 Å². The number of ether oxygens (including phenoxy) is 2. The van der Waals surface area contributed by atoms with Gasteiger partial charge in [0.25, 0.3) is 0 Å². The van der Waals surface area contributed by atoms with E-state index in [-0.39, 0.29) is 7.43 Å². The number of hydrogen-bond donors (Lipinski definition) is 0. The van der Waals surface area contributed by atoms with E-state index in [0.29, 0.717) is 0 Å². The number of unbranched alkanes of at least 4 members (excludes halogenated alkanes) is 1. The predicted octanol–water partition coefficient (Wildman–Crippen LogP) is 6.68. The number of aromatic nitrogens is 2. The van der Waals surface area contributed by atoms with Crippen LogP contribution in [0.3, 0.4) is 0 Å². The zero-order valence-electron chi connectivity index (χ0n) is 18.2. The molecule has 4 nitrogen and oxygen atoms in total. The predicted molar refractivity (Wildman–Crippen MR) is 129 cm³/mol. The minimum atomic E-state index is 0. The molecule has 0 atom stereocenters. The third kappa shape index (κ3) is 4.63. The molecule has 31 heavy (non-hydrogen) atoms. The standard InChI is InChI=1S/C26H28N2O2.CH4/c1-5-6-7-24-22-15-26(30-4)25(29-3)14-21(22)20(16-27-24)13-18-9-11-23-19(12-18)10-8-17(2)28-23;/h8-12,14-16H,5-7,13H2,1-4H3;1H4. The summed E-state index contributed by atoms with van der Waals surface area (Å²) in [7, 11) is 3.36. The van der Waals surface area contributed by atoms with E-state index in [1.165, 1.54) is 16.5 Å². The number of fused-ring (bicyclic) bond motifs is 2. The van der Waals surface area contributed by atoms with Crippen molar-refractivity contribution < 1.29 is 9.47 Å². The van der Waals surface area contributed by atoms with E-state index < -0.39 is 0 Å². The van der Waals surface area contributed by atoms with Crippen molar-refractivity contribution in [3.63, 3.8) is 0 Å². The van der Waals surface area contributed by atoms with Crippen molar-refractivity contribution in [2.45, 2.75) is 47.0 Å². The van der Waals surface area contributed by atoms with Gasteiger partial charge in [-0.15, -0.1) is 0 Å². The Morgan fingerprint density at radius 2 is 1.65 bits per heavy atom. The molecule has 0 aliphatic rings. The van der Waals surface area contributed by atoms with Gasteiger partial charge in [-0.05, 0) is 73.0 Å². The van der Waals surface area contributed by atoms with Gasteiger partial charge in [-0.1, -0.05) is 32.9 Å². The first-order valence-electron chi connectivity index (χ1n) is 10.5. The van der Waals surface area contributed by atoms with Crippen LogP contribution in [0.5, 0.6) is 11.5 Å². The maximum absolute atomic E-state index is 5.59. The van der Waals surface area contributed by atoms with Crippen molar-refractivity contribution >= 4 is 21.7 Å². The minimum Gasteiger partial charge on any atom is -0.493 e. The Hall–Kier alpha value is -3.14. The third-order valence-corrected chi connectivity index (χ3v) is 5.61. The average molecular weight is 417 g/mol. The molecule has 162 valence electrons. The minimum absolute atomic E-state index is 0. The number of hydrogen-bond acceptors (Lipinski definition) is 4. The van der Waals surface area contributed by atoms with Gasteiger partial charge in [0.2, 0.25) is 0 Å². The molecular weight excluding hydrogens is 384 g/mol. The third-order valence-electron chi connectivity index (χ3n) is 5.61. The van der Waals surface area contributed by atoms with Crippen molar-refractivity contribution in [3.05, 3.63) is 71.2 Å². The van der Waals surface area contributed by atoms with E-state index in [9.17, 15) is 0 Å². The van der Waals surface area contributed by atoms with Crippen LogP contribution in [0.4, 0.5) is 0 Å². The summed E-state index contributed by atoms with van der Waals surface area (Å²) in [5.41, 5.74) is 5.62. The normalized spacial score (nSPS) is 10.8. The Morgan fingerprint density at radius 3 is 2.35 bits per heavy atom. The van der Waals surface area contributed by atoms with Crippen LogP contribution in [0.25, 0.3) is 21.7 Å². The second-order valence-electron chi connectivity index (χ2n) is 7.74. The Bertz CT molecular complexity index is 1200. The van der Waals surface area contributed by atoms with Gasteiger partial charge in [-0.3, -0.25) is 9.97 Å². The smallest absolute Gasteiger partial charge is 0.161 e. The van der Waals surface area contributed by atoms with E-state index in [2.05, 4.69) is 54.4 Å². The summed E-state index contributed by atoms with van der Waals surface area (Å²) in [4.78, 5) is 9.45. The number of pyridine rings is 2. The number of rotatable bonds is 7. The highest BCUT2D eigenvalue weighted by atomic mass is 16.5. The van der Waals surface area contributed by atoms with Gasteiger partial charge in [0.1, 0.15) is 0 Å². The highest BCUT2D eigenvalue weighted by Crippen LogP contribution is 2.36. The monoisotopic (exact) mass is 416 g/mol. The molecule has 0 aliphatic carbocycles. The van der Waals surface area contributed by atoms with Crippen LogP contribution >= 0.6 is 0 Å². The molecular formula is C27H32N2O2. The molecule has 4 rings (SSSR count). The van der Waals surface area contributed by atoms with Gasteiger partial charge >= 0.3 is 0 Å². The number of aryl methyl sites for hydroxylation is 2. The van der Waals surface area contributed by atoms with E-state index in [1.54, 1.807) is 14.2 Å². The molecule has 0 saturated heterocycles. The summed E-state index contributed by atoms with van der Waals surface area (Å²) < 4.78 is 11.1. The van der Waals surface area contributed by atoms with Crippen LogP contribution < -0.4 is 9.47 Å². The molecule has 0 spiro atoms. The summed E-state index contributed by atoms with van der Waals surface area (Å²) in [5.74, 6) is 1.49.